The first kappa shape index (κ1) is 22.2. The van der Waals surface area contributed by atoms with Crippen LogP contribution in [0.3, 0.4) is 0 Å². The molecule has 23 heavy (non-hydrogen) atoms. The van der Waals surface area contributed by atoms with Crippen molar-refractivity contribution < 1.29 is 27.0 Å². The van der Waals surface area contributed by atoms with E-state index < -0.39 is 36.0 Å². The van der Waals surface area contributed by atoms with Crippen LogP contribution >= 0.6 is 18.2 Å². The Morgan fingerprint density at radius 2 is 1.43 bits per heavy atom. The minimum absolute atomic E-state index is 0.276. The third-order valence-corrected chi connectivity index (χ3v) is 3.60. The van der Waals surface area contributed by atoms with Gasteiger partial charge in [-0.25, -0.2) is 9.59 Å². The van der Waals surface area contributed by atoms with E-state index in [4.69, 9.17) is 0 Å². The normalized spacial score (nSPS) is 12.8. The van der Waals surface area contributed by atoms with Crippen molar-refractivity contribution in [2.24, 2.45) is 0 Å². The maximum Gasteiger partial charge on any atom is 0.412 e. The molecule has 2 amide bonds. The lowest BCUT2D eigenvalue weighted by Gasteiger charge is -2.30. The molecule has 3 N–H and O–H groups in total. The molecular weight excluding hydrogens is 350 g/mol. The van der Waals surface area contributed by atoms with Crippen molar-refractivity contribution in [2.45, 2.75) is 51.6 Å². The Kier molecular flexibility index (Phi) is 10.5. The van der Waals surface area contributed by atoms with Gasteiger partial charge in [0.05, 0.1) is 0 Å². The van der Waals surface area contributed by atoms with Crippen molar-refractivity contribution in [2.75, 3.05) is 13.1 Å². The minimum atomic E-state index is -1.38. The standard InChI is InChI=1S/C12H25F2N3O4P2/c1-11(2,5-7-15-9(18)20-22-13)16-8-6-12(3,4)17-10(19)21-23-14/h16,22-23H,5-8H2,1-4H3,(H,15,18)(H,17,19). The summed E-state index contributed by atoms with van der Waals surface area (Å²) in [5.41, 5.74) is -0.827. The Morgan fingerprint density at radius 3 is 2.00 bits per heavy atom. The monoisotopic (exact) mass is 375 g/mol. The van der Waals surface area contributed by atoms with Gasteiger partial charge in [0.2, 0.25) is 0 Å². The summed E-state index contributed by atoms with van der Waals surface area (Å²) in [6.45, 7) is 8.45. The maximum atomic E-state index is 11.9. The quantitative estimate of drug-likeness (QED) is 0.510. The summed E-state index contributed by atoms with van der Waals surface area (Å²) in [7, 11) is -2.75. The van der Waals surface area contributed by atoms with Gasteiger partial charge in [-0.05, 0) is 47.1 Å². The molecule has 0 saturated carbocycles. The van der Waals surface area contributed by atoms with Crippen LogP contribution in [0.2, 0.25) is 0 Å². The van der Waals surface area contributed by atoms with Crippen LogP contribution in [0.4, 0.5) is 18.0 Å². The number of halogens is 2. The van der Waals surface area contributed by atoms with Crippen LogP contribution in [0, 0.1) is 0 Å². The highest BCUT2D eigenvalue weighted by atomic mass is 31.1. The van der Waals surface area contributed by atoms with Crippen LogP contribution in [0.25, 0.3) is 0 Å². The topological polar surface area (TPSA) is 88.7 Å². The lowest BCUT2D eigenvalue weighted by atomic mass is 9.97. The molecule has 0 fully saturated rings. The van der Waals surface area contributed by atoms with Gasteiger partial charge >= 0.3 is 12.2 Å². The molecule has 0 aromatic heterocycles. The Balaban J connectivity index is 4.03. The smallest absolute Gasteiger partial charge is 0.399 e. The molecule has 0 bridgehead atoms. The second-order valence-electron chi connectivity index (χ2n) is 6.18. The van der Waals surface area contributed by atoms with Gasteiger partial charge in [0.25, 0.3) is 18.2 Å². The Morgan fingerprint density at radius 1 is 0.913 bits per heavy atom. The second kappa shape index (κ2) is 10.9. The molecule has 0 saturated heterocycles. The number of carbonyl (C=O) groups excluding carboxylic acids is 2. The molecule has 0 rings (SSSR count). The fourth-order valence-electron chi connectivity index (χ4n) is 1.75. The predicted octanol–water partition coefficient (Wildman–Crippen LogP) is 3.32. The fraction of sp³-hybridized carbons (Fsp3) is 0.833. The molecule has 11 heteroatoms. The predicted molar refractivity (Wildman–Crippen MR) is 88.3 cm³/mol. The van der Waals surface area contributed by atoms with Crippen LogP contribution in [-0.2, 0) is 9.05 Å². The van der Waals surface area contributed by atoms with Crippen LogP contribution in [0.5, 0.6) is 0 Å². The Labute approximate surface area is 139 Å². The zero-order valence-corrected chi connectivity index (χ0v) is 15.7. The number of rotatable bonds is 10. The average molecular weight is 375 g/mol. The van der Waals surface area contributed by atoms with Crippen LogP contribution < -0.4 is 16.0 Å². The van der Waals surface area contributed by atoms with E-state index in [0.29, 0.717) is 25.9 Å². The van der Waals surface area contributed by atoms with Crippen molar-refractivity contribution >= 4 is 30.4 Å². The zero-order valence-electron chi connectivity index (χ0n) is 13.7. The molecule has 0 heterocycles. The molecule has 2 atom stereocenters. The number of hydrogen-bond donors (Lipinski definition) is 3. The summed E-state index contributed by atoms with van der Waals surface area (Å²) in [4.78, 5) is 22.2. The van der Waals surface area contributed by atoms with Gasteiger partial charge in [-0.1, -0.05) is 0 Å². The van der Waals surface area contributed by atoms with Gasteiger partial charge in [-0.15, -0.1) is 0 Å². The average Bonchev–Trinajstić information content (AvgIpc) is 2.37. The lowest BCUT2D eigenvalue weighted by molar-refractivity contribution is 0.190. The van der Waals surface area contributed by atoms with Crippen LogP contribution in [-0.4, -0.2) is 36.4 Å². The lowest BCUT2D eigenvalue weighted by Crippen LogP contribution is -2.48. The van der Waals surface area contributed by atoms with Crippen molar-refractivity contribution in [3.63, 3.8) is 0 Å². The maximum absolute atomic E-state index is 11.9. The number of amides is 2. The van der Waals surface area contributed by atoms with E-state index in [1.54, 1.807) is 13.8 Å². The summed E-state index contributed by atoms with van der Waals surface area (Å²) in [5, 5.41) is 8.31. The van der Waals surface area contributed by atoms with E-state index in [1.807, 2.05) is 13.8 Å². The molecule has 0 aromatic rings. The first-order chi connectivity index (χ1) is 10.6. The molecule has 0 aliphatic carbocycles. The molecule has 0 radical (unpaired) electrons. The minimum Gasteiger partial charge on any atom is -0.399 e. The van der Waals surface area contributed by atoms with Crippen molar-refractivity contribution in [3.8, 4) is 0 Å². The SMILES string of the molecule is CC(C)(CCNC(=O)OPF)NCCC(C)(C)NC(=O)OPF. The van der Waals surface area contributed by atoms with Gasteiger partial charge in [0.1, 0.15) is 0 Å². The third kappa shape index (κ3) is 12.3. The van der Waals surface area contributed by atoms with E-state index >= 15 is 0 Å². The Hall–Kier alpha value is -0.780. The highest BCUT2D eigenvalue weighted by Gasteiger charge is 2.23. The largest absolute Gasteiger partial charge is 0.412 e. The molecule has 7 nitrogen and oxygen atoms in total. The van der Waals surface area contributed by atoms with Crippen molar-refractivity contribution in [3.05, 3.63) is 0 Å². The van der Waals surface area contributed by atoms with Gasteiger partial charge < -0.3 is 25.0 Å². The van der Waals surface area contributed by atoms with Gasteiger partial charge in [0.15, 0.2) is 0 Å². The third-order valence-electron chi connectivity index (χ3n) is 3.08. The van der Waals surface area contributed by atoms with E-state index in [2.05, 4.69) is 25.0 Å². The van der Waals surface area contributed by atoms with Crippen molar-refractivity contribution in [1.29, 1.82) is 0 Å². The highest BCUT2D eigenvalue weighted by molar-refractivity contribution is 7.26. The first-order valence-electron chi connectivity index (χ1n) is 7.02. The molecular formula is C12H25F2N3O4P2. The fourth-order valence-corrected chi connectivity index (χ4v) is 2.01. The van der Waals surface area contributed by atoms with Gasteiger partial charge in [0, 0.05) is 17.6 Å². The highest BCUT2D eigenvalue weighted by Crippen LogP contribution is 2.16. The van der Waals surface area contributed by atoms with Crippen molar-refractivity contribution in [1.82, 2.24) is 16.0 Å². The summed E-state index contributed by atoms with van der Waals surface area (Å²) < 4.78 is 32.1. The van der Waals surface area contributed by atoms with E-state index in [-0.39, 0.29) is 5.54 Å². The number of carbonyl (C=O) groups is 2. The molecule has 0 aromatic carbocycles. The summed E-state index contributed by atoms with van der Waals surface area (Å²) in [5.74, 6) is 0. The van der Waals surface area contributed by atoms with Gasteiger partial charge in [-0.2, -0.15) is 8.39 Å². The van der Waals surface area contributed by atoms with E-state index in [9.17, 15) is 18.0 Å². The second-order valence-corrected chi connectivity index (χ2v) is 6.90. The summed E-state index contributed by atoms with van der Waals surface area (Å²) in [6, 6.07) is 0. The molecule has 136 valence electrons. The Bertz CT molecular complexity index is 387. The molecule has 0 aliphatic rings. The van der Waals surface area contributed by atoms with Crippen LogP contribution in [0.15, 0.2) is 0 Å². The first-order valence-corrected chi connectivity index (χ1v) is 8.59. The van der Waals surface area contributed by atoms with E-state index in [1.165, 1.54) is 0 Å². The van der Waals surface area contributed by atoms with E-state index in [0.717, 1.165) is 0 Å². The number of nitrogens with one attached hydrogen (secondary N) is 3. The molecule has 0 spiro atoms. The molecule has 2 unspecified atom stereocenters. The van der Waals surface area contributed by atoms with Gasteiger partial charge in [-0.3, -0.25) is 0 Å². The summed E-state index contributed by atoms with van der Waals surface area (Å²) in [6.07, 6.45) is -0.360. The molecule has 0 aliphatic heterocycles. The zero-order chi connectivity index (χ0) is 17.9. The number of hydrogen-bond acceptors (Lipinski definition) is 5. The van der Waals surface area contributed by atoms with Crippen LogP contribution in [0.1, 0.15) is 40.5 Å². The summed E-state index contributed by atoms with van der Waals surface area (Å²) >= 11 is 0.